The van der Waals surface area contributed by atoms with Gasteiger partial charge in [-0.3, -0.25) is 0 Å². The van der Waals surface area contributed by atoms with Gasteiger partial charge in [0.2, 0.25) is 0 Å². The number of rotatable bonds is 8. The molecule has 5 aromatic rings. The van der Waals surface area contributed by atoms with Crippen LogP contribution in [-0.4, -0.2) is 14.2 Å². The summed E-state index contributed by atoms with van der Waals surface area (Å²) in [7, 11) is 3.41. The molecule has 0 bridgehead atoms. The average Bonchev–Trinajstić information content (AvgIpc) is 2.96. The molecule has 0 saturated heterocycles. The van der Waals surface area contributed by atoms with Crippen LogP contribution in [0.5, 0.6) is 11.5 Å². The molecule has 178 valence electrons. The molecule has 5 aromatic carbocycles. The van der Waals surface area contributed by atoms with Crippen molar-refractivity contribution in [1.82, 2.24) is 0 Å². The van der Waals surface area contributed by atoms with Gasteiger partial charge in [0.15, 0.2) is 0 Å². The molecule has 0 N–H and O–H groups in total. The van der Waals surface area contributed by atoms with Gasteiger partial charge in [0, 0.05) is 11.8 Å². The Bertz CT molecular complexity index is 1250. The van der Waals surface area contributed by atoms with Crippen LogP contribution < -0.4 is 9.47 Å². The minimum atomic E-state index is 0.141. The van der Waals surface area contributed by atoms with E-state index < -0.39 is 0 Å². The Kier molecular flexibility index (Phi) is 7.14. The first-order valence-corrected chi connectivity index (χ1v) is 12.2. The summed E-state index contributed by atoms with van der Waals surface area (Å²) in [5.74, 6) is 2.02. The maximum absolute atomic E-state index is 5.39. The Balaban J connectivity index is 1.55. The first-order chi connectivity index (χ1) is 17.8. The zero-order chi connectivity index (χ0) is 24.7. The molecule has 0 radical (unpaired) electrons. The smallest absolute Gasteiger partial charge is 0.118 e. The zero-order valence-corrected chi connectivity index (χ0v) is 20.7. The van der Waals surface area contributed by atoms with Crippen molar-refractivity contribution in [3.05, 3.63) is 167 Å². The summed E-state index contributed by atoms with van der Waals surface area (Å²) in [6, 6.07) is 47.3. The highest BCUT2D eigenvalue weighted by molar-refractivity contribution is 5.49. The van der Waals surface area contributed by atoms with Crippen LogP contribution in [-0.2, 0) is 0 Å². The Hall–Kier alpha value is -4.30. The van der Waals surface area contributed by atoms with Gasteiger partial charge < -0.3 is 9.47 Å². The predicted molar refractivity (Wildman–Crippen MR) is 147 cm³/mol. The van der Waals surface area contributed by atoms with Gasteiger partial charge in [-0.1, -0.05) is 109 Å². The molecule has 2 unspecified atom stereocenters. The molecule has 0 saturated carbocycles. The van der Waals surface area contributed by atoms with E-state index in [1.807, 2.05) is 24.3 Å². The van der Waals surface area contributed by atoms with Crippen LogP contribution in [0.15, 0.2) is 133 Å². The average molecular weight is 471 g/mol. The standard InChI is InChI=1S/C34H30O2/c1-35-31-21-17-29(18-22-31)33(25-9-5-3-6-10-25)27-13-15-28(16-14-27)34(26-11-7-4-8-12-26)30-19-23-32(36-2)24-20-30/h3-24,33-34H,1-2H3. The molecule has 0 aliphatic heterocycles. The number of hydrogen-bond acceptors (Lipinski definition) is 2. The van der Waals surface area contributed by atoms with Crippen molar-refractivity contribution in [3.63, 3.8) is 0 Å². The molecule has 2 atom stereocenters. The molecule has 0 heterocycles. The van der Waals surface area contributed by atoms with Crippen molar-refractivity contribution in [3.8, 4) is 11.5 Å². The van der Waals surface area contributed by atoms with Gasteiger partial charge >= 0.3 is 0 Å². The van der Waals surface area contributed by atoms with Crippen molar-refractivity contribution in [1.29, 1.82) is 0 Å². The Morgan fingerprint density at radius 3 is 0.861 bits per heavy atom. The molecule has 0 aliphatic carbocycles. The van der Waals surface area contributed by atoms with Crippen LogP contribution in [0, 0.1) is 0 Å². The molecule has 2 nitrogen and oxygen atoms in total. The first kappa shape index (κ1) is 23.4. The third-order valence-corrected chi connectivity index (χ3v) is 6.77. The van der Waals surface area contributed by atoms with Gasteiger partial charge in [-0.2, -0.15) is 0 Å². The Morgan fingerprint density at radius 2 is 0.583 bits per heavy atom. The van der Waals surface area contributed by atoms with Crippen LogP contribution in [0.2, 0.25) is 0 Å². The first-order valence-electron chi connectivity index (χ1n) is 12.2. The molecule has 2 heteroatoms. The van der Waals surface area contributed by atoms with Gasteiger partial charge in [-0.05, 0) is 57.6 Å². The highest BCUT2D eigenvalue weighted by Gasteiger charge is 2.20. The molecule has 5 rings (SSSR count). The summed E-state index contributed by atoms with van der Waals surface area (Å²) in [6.45, 7) is 0. The van der Waals surface area contributed by atoms with E-state index in [1.54, 1.807) is 14.2 Å². The van der Waals surface area contributed by atoms with Crippen molar-refractivity contribution < 1.29 is 9.47 Å². The van der Waals surface area contributed by atoms with Gasteiger partial charge in [0.05, 0.1) is 14.2 Å². The zero-order valence-electron chi connectivity index (χ0n) is 20.7. The van der Waals surface area contributed by atoms with Crippen molar-refractivity contribution in [2.75, 3.05) is 14.2 Å². The van der Waals surface area contributed by atoms with E-state index >= 15 is 0 Å². The van der Waals surface area contributed by atoms with Gasteiger partial charge in [0.25, 0.3) is 0 Å². The van der Waals surface area contributed by atoms with Crippen LogP contribution in [0.4, 0.5) is 0 Å². The van der Waals surface area contributed by atoms with Gasteiger partial charge in [-0.15, -0.1) is 0 Å². The largest absolute Gasteiger partial charge is 0.497 e. The molecule has 0 fully saturated rings. The fourth-order valence-corrected chi connectivity index (χ4v) is 4.92. The van der Waals surface area contributed by atoms with E-state index in [9.17, 15) is 0 Å². The topological polar surface area (TPSA) is 18.5 Å². The monoisotopic (exact) mass is 470 g/mol. The highest BCUT2D eigenvalue weighted by Crippen LogP contribution is 2.36. The third kappa shape index (κ3) is 5.04. The lowest BCUT2D eigenvalue weighted by atomic mass is 9.82. The fourth-order valence-electron chi connectivity index (χ4n) is 4.92. The molecule has 36 heavy (non-hydrogen) atoms. The van der Waals surface area contributed by atoms with Crippen LogP contribution >= 0.6 is 0 Å². The number of benzene rings is 5. The normalized spacial score (nSPS) is 12.5. The SMILES string of the molecule is COc1ccc(C(c2ccccc2)c2ccc(C(c3ccccc3)c3ccc(OC)cc3)cc2)cc1. The second kappa shape index (κ2) is 11.0. The predicted octanol–water partition coefficient (Wildman–Crippen LogP) is 8.06. The summed E-state index contributed by atoms with van der Waals surface area (Å²) >= 11 is 0. The van der Waals surface area contributed by atoms with E-state index in [4.69, 9.17) is 9.47 Å². The van der Waals surface area contributed by atoms with Crippen molar-refractivity contribution >= 4 is 0 Å². The summed E-state index contributed by atoms with van der Waals surface area (Å²) in [5.41, 5.74) is 7.54. The Labute approximate surface area is 213 Å². The second-order valence-electron chi connectivity index (χ2n) is 8.90. The van der Waals surface area contributed by atoms with Gasteiger partial charge in [0.1, 0.15) is 11.5 Å². The molecule has 0 spiro atoms. The van der Waals surface area contributed by atoms with Gasteiger partial charge in [-0.25, -0.2) is 0 Å². The lowest BCUT2D eigenvalue weighted by molar-refractivity contribution is 0.414. The lowest BCUT2D eigenvalue weighted by Gasteiger charge is -2.22. The van der Waals surface area contributed by atoms with Crippen molar-refractivity contribution in [2.24, 2.45) is 0 Å². The Morgan fingerprint density at radius 1 is 0.333 bits per heavy atom. The maximum atomic E-state index is 5.39. The molecule has 0 aromatic heterocycles. The number of hydrogen-bond donors (Lipinski definition) is 0. The lowest BCUT2D eigenvalue weighted by Crippen LogP contribution is -2.06. The third-order valence-electron chi connectivity index (χ3n) is 6.77. The number of methoxy groups -OCH3 is 2. The summed E-state index contributed by atoms with van der Waals surface area (Å²) in [6.07, 6.45) is 0. The quantitative estimate of drug-likeness (QED) is 0.214. The molecule has 0 amide bonds. The second-order valence-corrected chi connectivity index (χ2v) is 8.90. The number of ether oxygens (including phenoxy) is 2. The van der Waals surface area contributed by atoms with E-state index in [2.05, 4.69) is 109 Å². The van der Waals surface area contributed by atoms with E-state index in [0.717, 1.165) is 11.5 Å². The van der Waals surface area contributed by atoms with Crippen LogP contribution in [0.3, 0.4) is 0 Å². The van der Waals surface area contributed by atoms with Crippen molar-refractivity contribution in [2.45, 2.75) is 11.8 Å². The van der Waals surface area contributed by atoms with E-state index in [-0.39, 0.29) is 11.8 Å². The summed E-state index contributed by atoms with van der Waals surface area (Å²) in [5, 5.41) is 0. The minimum Gasteiger partial charge on any atom is -0.497 e. The van der Waals surface area contributed by atoms with Crippen LogP contribution in [0.1, 0.15) is 45.2 Å². The van der Waals surface area contributed by atoms with Crippen LogP contribution in [0.25, 0.3) is 0 Å². The maximum Gasteiger partial charge on any atom is 0.118 e. The molecular formula is C34H30O2. The highest BCUT2D eigenvalue weighted by atomic mass is 16.5. The summed E-state index contributed by atoms with van der Waals surface area (Å²) in [4.78, 5) is 0. The summed E-state index contributed by atoms with van der Waals surface area (Å²) < 4.78 is 10.8. The van der Waals surface area contributed by atoms with E-state index in [1.165, 1.54) is 33.4 Å². The van der Waals surface area contributed by atoms with E-state index in [0.29, 0.717) is 0 Å². The molecule has 0 aliphatic rings. The fraction of sp³-hybridized carbons (Fsp3) is 0.118. The molecular weight excluding hydrogens is 440 g/mol. The minimum absolute atomic E-state index is 0.141.